The molecule has 0 aromatic heterocycles. The highest BCUT2D eigenvalue weighted by Gasteiger charge is 2.36. The van der Waals surface area contributed by atoms with Gasteiger partial charge in [0.1, 0.15) is 6.04 Å². The SMILES string of the molecule is CC(C)(C)C1CCC(C(NCC2CC2)C(=O)O)CC1. The van der Waals surface area contributed by atoms with Crippen LogP contribution in [-0.2, 0) is 4.79 Å². The molecular formula is C16H29NO2. The van der Waals surface area contributed by atoms with Crippen molar-refractivity contribution < 1.29 is 9.90 Å². The fourth-order valence-corrected chi connectivity index (χ4v) is 3.39. The lowest BCUT2D eigenvalue weighted by Crippen LogP contribution is -2.45. The lowest BCUT2D eigenvalue weighted by molar-refractivity contribution is -0.141. The average molecular weight is 267 g/mol. The highest BCUT2D eigenvalue weighted by atomic mass is 16.4. The van der Waals surface area contributed by atoms with E-state index in [1.165, 1.54) is 25.7 Å². The van der Waals surface area contributed by atoms with Gasteiger partial charge in [-0.05, 0) is 68.2 Å². The molecule has 0 spiro atoms. The van der Waals surface area contributed by atoms with Gasteiger partial charge in [0.25, 0.3) is 0 Å². The lowest BCUT2D eigenvalue weighted by atomic mass is 9.68. The Hall–Kier alpha value is -0.570. The van der Waals surface area contributed by atoms with Crippen molar-refractivity contribution in [1.29, 1.82) is 0 Å². The third kappa shape index (κ3) is 4.20. The lowest BCUT2D eigenvalue weighted by Gasteiger charge is -2.38. The Morgan fingerprint density at radius 3 is 2.16 bits per heavy atom. The molecule has 3 heteroatoms. The van der Waals surface area contributed by atoms with Crippen molar-refractivity contribution in [2.45, 2.75) is 65.3 Å². The minimum absolute atomic E-state index is 0.318. The van der Waals surface area contributed by atoms with Gasteiger partial charge in [0.2, 0.25) is 0 Å². The molecule has 2 N–H and O–H groups in total. The van der Waals surface area contributed by atoms with Crippen LogP contribution in [0.5, 0.6) is 0 Å². The van der Waals surface area contributed by atoms with Crippen LogP contribution in [0.4, 0.5) is 0 Å². The van der Waals surface area contributed by atoms with Crippen LogP contribution < -0.4 is 5.32 Å². The molecule has 0 heterocycles. The Kier molecular flexibility index (Phi) is 4.54. The summed E-state index contributed by atoms with van der Waals surface area (Å²) in [5.74, 6) is 1.17. The number of hydrogen-bond acceptors (Lipinski definition) is 2. The van der Waals surface area contributed by atoms with Gasteiger partial charge in [-0.2, -0.15) is 0 Å². The summed E-state index contributed by atoms with van der Waals surface area (Å²) in [6.07, 6.45) is 7.05. The van der Waals surface area contributed by atoms with Crippen molar-refractivity contribution in [3.63, 3.8) is 0 Å². The molecule has 2 aliphatic carbocycles. The van der Waals surface area contributed by atoms with E-state index < -0.39 is 5.97 Å². The molecule has 0 bridgehead atoms. The van der Waals surface area contributed by atoms with Gasteiger partial charge >= 0.3 is 5.97 Å². The number of nitrogens with one attached hydrogen (secondary N) is 1. The van der Waals surface area contributed by atoms with Crippen LogP contribution in [0.25, 0.3) is 0 Å². The Bertz CT molecular complexity index is 309. The first kappa shape index (κ1) is 14.8. The molecule has 2 fully saturated rings. The molecule has 2 saturated carbocycles. The van der Waals surface area contributed by atoms with Gasteiger partial charge in [-0.1, -0.05) is 20.8 Å². The summed E-state index contributed by atoms with van der Waals surface area (Å²) in [6.45, 7) is 7.81. The topological polar surface area (TPSA) is 49.3 Å². The Morgan fingerprint density at radius 1 is 1.16 bits per heavy atom. The maximum absolute atomic E-state index is 11.4. The van der Waals surface area contributed by atoms with Gasteiger partial charge in [-0.3, -0.25) is 4.79 Å². The third-order valence-electron chi connectivity index (χ3n) is 5.06. The third-order valence-corrected chi connectivity index (χ3v) is 5.06. The first-order chi connectivity index (χ1) is 8.88. The molecule has 110 valence electrons. The Balaban J connectivity index is 1.84. The molecule has 3 nitrogen and oxygen atoms in total. The molecule has 2 rings (SSSR count). The second-order valence-electron chi connectivity index (χ2n) is 7.65. The summed E-state index contributed by atoms with van der Waals surface area (Å²) >= 11 is 0. The summed E-state index contributed by atoms with van der Waals surface area (Å²) in [4.78, 5) is 11.4. The maximum atomic E-state index is 11.4. The molecule has 0 amide bonds. The molecule has 19 heavy (non-hydrogen) atoms. The molecule has 1 unspecified atom stereocenters. The highest BCUT2D eigenvalue weighted by Crippen LogP contribution is 2.40. The van der Waals surface area contributed by atoms with Crippen molar-refractivity contribution in [2.24, 2.45) is 23.2 Å². The normalized spacial score (nSPS) is 30.1. The predicted octanol–water partition coefficient (Wildman–Crippen LogP) is 3.29. The van der Waals surface area contributed by atoms with E-state index in [1.807, 2.05) is 0 Å². The fourth-order valence-electron chi connectivity index (χ4n) is 3.39. The molecule has 0 saturated heterocycles. The molecule has 0 aliphatic heterocycles. The smallest absolute Gasteiger partial charge is 0.320 e. The Labute approximate surface area is 117 Å². The summed E-state index contributed by atoms with van der Waals surface area (Å²) in [5, 5.41) is 12.7. The summed E-state index contributed by atoms with van der Waals surface area (Å²) in [7, 11) is 0. The van der Waals surface area contributed by atoms with E-state index in [2.05, 4.69) is 26.1 Å². The van der Waals surface area contributed by atoms with Gasteiger partial charge in [0.15, 0.2) is 0 Å². The summed E-state index contributed by atoms with van der Waals surface area (Å²) in [5.41, 5.74) is 0.366. The summed E-state index contributed by atoms with van der Waals surface area (Å²) in [6, 6.07) is -0.318. The molecule has 1 atom stereocenters. The van der Waals surface area contributed by atoms with Crippen molar-refractivity contribution >= 4 is 5.97 Å². The van der Waals surface area contributed by atoms with Gasteiger partial charge < -0.3 is 10.4 Å². The summed E-state index contributed by atoms with van der Waals surface area (Å²) < 4.78 is 0. The predicted molar refractivity (Wildman–Crippen MR) is 77.1 cm³/mol. The number of carboxylic acids is 1. The van der Waals surface area contributed by atoms with Gasteiger partial charge in [0, 0.05) is 0 Å². The maximum Gasteiger partial charge on any atom is 0.320 e. The van der Waals surface area contributed by atoms with Gasteiger partial charge in [-0.15, -0.1) is 0 Å². The van der Waals surface area contributed by atoms with Crippen molar-refractivity contribution in [3.8, 4) is 0 Å². The minimum atomic E-state index is -0.653. The van der Waals surface area contributed by atoms with Gasteiger partial charge in [-0.25, -0.2) is 0 Å². The van der Waals surface area contributed by atoms with E-state index in [0.717, 1.165) is 31.2 Å². The molecule has 0 radical (unpaired) electrons. The number of hydrogen-bond donors (Lipinski definition) is 2. The zero-order chi connectivity index (χ0) is 14.0. The largest absolute Gasteiger partial charge is 0.480 e. The second kappa shape index (κ2) is 5.82. The standard InChI is InChI=1S/C16H29NO2/c1-16(2,3)13-8-6-12(7-9-13)14(15(18)19)17-10-11-4-5-11/h11-14,17H,4-10H2,1-3H3,(H,18,19). The molecule has 0 aromatic rings. The van der Waals surface area contributed by atoms with Crippen LogP contribution in [0.3, 0.4) is 0 Å². The van der Waals surface area contributed by atoms with Crippen molar-refractivity contribution in [2.75, 3.05) is 6.54 Å². The van der Waals surface area contributed by atoms with Crippen LogP contribution in [0.15, 0.2) is 0 Å². The fraction of sp³-hybridized carbons (Fsp3) is 0.938. The van der Waals surface area contributed by atoms with E-state index in [1.54, 1.807) is 0 Å². The molecular weight excluding hydrogens is 238 g/mol. The Morgan fingerprint density at radius 2 is 1.74 bits per heavy atom. The average Bonchev–Trinajstić information content (AvgIpc) is 3.12. The van der Waals surface area contributed by atoms with Crippen LogP contribution in [0, 0.1) is 23.2 Å². The van der Waals surface area contributed by atoms with E-state index >= 15 is 0 Å². The quantitative estimate of drug-likeness (QED) is 0.803. The van der Waals surface area contributed by atoms with Crippen molar-refractivity contribution in [1.82, 2.24) is 5.32 Å². The number of carbonyl (C=O) groups is 1. The van der Waals surface area contributed by atoms with E-state index in [-0.39, 0.29) is 6.04 Å². The first-order valence-corrected chi connectivity index (χ1v) is 7.84. The molecule has 0 aromatic carbocycles. The zero-order valence-corrected chi connectivity index (χ0v) is 12.6. The van der Waals surface area contributed by atoms with Crippen LogP contribution in [0.1, 0.15) is 59.3 Å². The van der Waals surface area contributed by atoms with E-state index in [9.17, 15) is 9.90 Å². The zero-order valence-electron chi connectivity index (χ0n) is 12.6. The number of carboxylic acid groups (broad SMARTS) is 1. The van der Waals surface area contributed by atoms with Gasteiger partial charge in [0.05, 0.1) is 0 Å². The van der Waals surface area contributed by atoms with Crippen LogP contribution in [-0.4, -0.2) is 23.7 Å². The second-order valence-corrected chi connectivity index (χ2v) is 7.65. The minimum Gasteiger partial charge on any atom is -0.480 e. The van der Waals surface area contributed by atoms with E-state index in [4.69, 9.17) is 0 Å². The molecule has 2 aliphatic rings. The van der Waals surface area contributed by atoms with Crippen LogP contribution >= 0.6 is 0 Å². The number of rotatable bonds is 5. The van der Waals surface area contributed by atoms with E-state index in [0.29, 0.717) is 11.3 Å². The number of aliphatic carboxylic acids is 1. The first-order valence-electron chi connectivity index (χ1n) is 7.84. The monoisotopic (exact) mass is 267 g/mol. The van der Waals surface area contributed by atoms with Crippen molar-refractivity contribution in [3.05, 3.63) is 0 Å². The van der Waals surface area contributed by atoms with Crippen LogP contribution in [0.2, 0.25) is 0 Å². The highest BCUT2D eigenvalue weighted by molar-refractivity contribution is 5.73.